The first kappa shape index (κ1) is 19.9. The third-order valence-corrected chi connectivity index (χ3v) is 5.50. The molecular formula is C18H20FNO5S. The largest absolute Gasteiger partial charge is 0.497 e. The van der Waals surface area contributed by atoms with Crippen LogP contribution in [0.2, 0.25) is 0 Å². The van der Waals surface area contributed by atoms with E-state index in [9.17, 15) is 17.6 Å². The van der Waals surface area contributed by atoms with Crippen molar-refractivity contribution in [1.29, 1.82) is 0 Å². The fourth-order valence-electron chi connectivity index (χ4n) is 2.17. The highest BCUT2D eigenvalue weighted by Crippen LogP contribution is 2.15. The average Bonchev–Trinajstić information content (AvgIpc) is 2.62. The van der Waals surface area contributed by atoms with Gasteiger partial charge in [-0.3, -0.25) is 4.79 Å². The van der Waals surface area contributed by atoms with Gasteiger partial charge >= 0.3 is 5.97 Å². The Labute approximate surface area is 152 Å². The minimum Gasteiger partial charge on any atom is -0.497 e. The molecule has 0 bridgehead atoms. The summed E-state index contributed by atoms with van der Waals surface area (Å²) in [5.74, 6) is -0.463. The zero-order valence-electron chi connectivity index (χ0n) is 14.5. The van der Waals surface area contributed by atoms with Gasteiger partial charge in [0.2, 0.25) is 10.0 Å². The van der Waals surface area contributed by atoms with Crippen molar-refractivity contribution >= 4 is 16.0 Å². The number of rotatable bonds is 8. The van der Waals surface area contributed by atoms with Gasteiger partial charge in [-0.1, -0.05) is 12.1 Å². The molecule has 0 aliphatic rings. The first-order chi connectivity index (χ1) is 12.3. The minimum absolute atomic E-state index is 0.0903. The summed E-state index contributed by atoms with van der Waals surface area (Å²) in [7, 11) is -1.04. The molecule has 0 spiro atoms. The van der Waals surface area contributed by atoms with E-state index in [0.717, 1.165) is 39.9 Å². The highest BCUT2D eigenvalue weighted by molar-refractivity contribution is 7.89. The second kappa shape index (κ2) is 8.77. The van der Waals surface area contributed by atoms with Crippen LogP contribution in [0, 0.1) is 5.82 Å². The van der Waals surface area contributed by atoms with Crippen LogP contribution in [0.5, 0.6) is 5.75 Å². The van der Waals surface area contributed by atoms with Crippen molar-refractivity contribution in [2.45, 2.75) is 11.3 Å². The third kappa shape index (κ3) is 5.27. The number of carbonyl (C=O) groups is 1. The van der Waals surface area contributed by atoms with E-state index >= 15 is 0 Å². The Bertz CT molecular complexity index is 835. The van der Waals surface area contributed by atoms with Crippen LogP contribution in [0.4, 0.5) is 4.39 Å². The van der Waals surface area contributed by atoms with Crippen LogP contribution in [0.3, 0.4) is 0 Å². The average molecular weight is 381 g/mol. The number of likely N-dealkylation sites (N-methyl/N-ethyl adjacent to an activating group) is 1. The van der Waals surface area contributed by atoms with Crippen LogP contribution in [0.25, 0.3) is 0 Å². The third-order valence-electron chi connectivity index (χ3n) is 3.69. The predicted octanol–water partition coefficient (Wildman–Crippen LogP) is 2.24. The van der Waals surface area contributed by atoms with Gasteiger partial charge in [0.05, 0.1) is 18.6 Å². The van der Waals surface area contributed by atoms with Crippen molar-refractivity contribution in [1.82, 2.24) is 4.31 Å². The summed E-state index contributed by atoms with van der Waals surface area (Å²) in [5.41, 5.74) is 0.964. The molecule has 0 saturated heterocycles. The van der Waals surface area contributed by atoms with E-state index in [1.807, 2.05) is 12.1 Å². The van der Waals surface area contributed by atoms with Crippen molar-refractivity contribution in [3.05, 3.63) is 59.9 Å². The second-order valence-corrected chi connectivity index (χ2v) is 7.58. The maximum absolute atomic E-state index is 12.9. The van der Waals surface area contributed by atoms with Gasteiger partial charge in [-0.15, -0.1) is 0 Å². The summed E-state index contributed by atoms with van der Waals surface area (Å²) in [6.07, 6.45) is 0.504. The van der Waals surface area contributed by atoms with Gasteiger partial charge in [0, 0.05) is 13.5 Å². The van der Waals surface area contributed by atoms with E-state index < -0.39 is 28.4 Å². The van der Waals surface area contributed by atoms with E-state index in [1.165, 1.54) is 7.05 Å². The second-order valence-electron chi connectivity index (χ2n) is 5.53. The molecule has 0 aliphatic heterocycles. The van der Waals surface area contributed by atoms with E-state index in [-0.39, 0.29) is 11.5 Å². The first-order valence-electron chi connectivity index (χ1n) is 7.83. The van der Waals surface area contributed by atoms with Crippen LogP contribution in [0.1, 0.15) is 5.56 Å². The molecule has 0 unspecified atom stereocenters. The summed E-state index contributed by atoms with van der Waals surface area (Å²) in [6, 6.07) is 11.7. The summed E-state index contributed by atoms with van der Waals surface area (Å²) in [6.45, 7) is -0.294. The lowest BCUT2D eigenvalue weighted by Gasteiger charge is -2.16. The molecule has 2 rings (SSSR count). The van der Waals surface area contributed by atoms with Crippen molar-refractivity contribution in [2.75, 3.05) is 27.3 Å². The van der Waals surface area contributed by atoms with Gasteiger partial charge in [0.25, 0.3) is 0 Å². The molecule has 0 saturated carbocycles. The summed E-state index contributed by atoms with van der Waals surface area (Å²) >= 11 is 0. The fraction of sp³-hybridized carbons (Fsp3) is 0.278. The van der Waals surface area contributed by atoms with Crippen molar-refractivity contribution < 1.29 is 27.1 Å². The zero-order chi connectivity index (χ0) is 19.2. The molecule has 0 aliphatic carbocycles. The molecule has 140 valence electrons. The lowest BCUT2D eigenvalue weighted by atomic mass is 10.1. The summed E-state index contributed by atoms with van der Waals surface area (Å²) in [4.78, 5) is 11.8. The number of methoxy groups -OCH3 is 1. The van der Waals surface area contributed by atoms with Crippen molar-refractivity contribution in [2.24, 2.45) is 0 Å². The molecule has 2 aromatic rings. The Kier molecular flexibility index (Phi) is 6.70. The standard InChI is InChI=1S/C18H20FNO5S/c1-20(26(22,23)17-9-5-15(19)6-10-17)13-18(21)25-12-11-14-3-7-16(24-2)8-4-14/h3-10H,11-13H2,1-2H3. The highest BCUT2D eigenvalue weighted by atomic mass is 32.2. The lowest BCUT2D eigenvalue weighted by molar-refractivity contribution is -0.143. The smallest absolute Gasteiger partial charge is 0.321 e. The number of halogens is 1. The van der Waals surface area contributed by atoms with Crippen LogP contribution < -0.4 is 4.74 Å². The molecule has 0 atom stereocenters. The fourth-order valence-corrected chi connectivity index (χ4v) is 3.29. The van der Waals surface area contributed by atoms with Crippen LogP contribution in [-0.4, -0.2) is 46.0 Å². The molecular weight excluding hydrogens is 361 g/mol. The number of carbonyl (C=O) groups excluding carboxylic acids is 1. The topological polar surface area (TPSA) is 72.9 Å². The predicted molar refractivity (Wildman–Crippen MR) is 93.9 cm³/mol. The molecule has 0 amide bonds. The SMILES string of the molecule is COc1ccc(CCOC(=O)CN(C)S(=O)(=O)c2ccc(F)cc2)cc1. The van der Waals surface area contributed by atoms with Gasteiger partial charge in [-0.2, -0.15) is 4.31 Å². The van der Waals surface area contributed by atoms with Gasteiger partial charge < -0.3 is 9.47 Å². The molecule has 0 N–H and O–H groups in total. The lowest BCUT2D eigenvalue weighted by Crippen LogP contribution is -2.33. The minimum atomic E-state index is -3.88. The Morgan fingerprint density at radius 2 is 1.69 bits per heavy atom. The Morgan fingerprint density at radius 3 is 2.27 bits per heavy atom. The molecule has 6 nitrogen and oxygen atoms in total. The summed E-state index contributed by atoms with van der Waals surface area (Å²) in [5, 5.41) is 0. The molecule has 0 fully saturated rings. The first-order valence-corrected chi connectivity index (χ1v) is 9.27. The number of sulfonamides is 1. The maximum atomic E-state index is 12.9. The molecule has 0 aromatic heterocycles. The number of hydrogen-bond acceptors (Lipinski definition) is 5. The quantitative estimate of drug-likeness (QED) is 0.656. The van der Waals surface area contributed by atoms with E-state index in [4.69, 9.17) is 9.47 Å². The van der Waals surface area contributed by atoms with Crippen LogP contribution >= 0.6 is 0 Å². The number of nitrogens with zero attached hydrogens (tertiary/aromatic N) is 1. The molecule has 8 heteroatoms. The summed E-state index contributed by atoms with van der Waals surface area (Å²) < 4.78 is 48.6. The molecule has 26 heavy (non-hydrogen) atoms. The number of benzene rings is 2. The Hall–Kier alpha value is -2.45. The van der Waals surface area contributed by atoms with Crippen molar-refractivity contribution in [3.8, 4) is 5.75 Å². The highest BCUT2D eigenvalue weighted by Gasteiger charge is 2.23. The van der Waals surface area contributed by atoms with E-state index in [2.05, 4.69) is 0 Å². The Morgan fingerprint density at radius 1 is 1.08 bits per heavy atom. The zero-order valence-corrected chi connectivity index (χ0v) is 15.3. The maximum Gasteiger partial charge on any atom is 0.321 e. The number of ether oxygens (including phenoxy) is 2. The van der Waals surface area contributed by atoms with Gasteiger partial charge in [0.15, 0.2) is 0 Å². The number of esters is 1. The Balaban J connectivity index is 1.85. The van der Waals surface area contributed by atoms with Gasteiger partial charge in [-0.25, -0.2) is 12.8 Å². The van der Waals surface area contributed by atoms with Crippen molar-refractivity contribution in [3.63, 3.8) is 0 Å². The monoisotopic (exact) mass is 381 g/mol. The van der Waals surface area contributed by atoms with Gasteiger partial charge in [0.1, 0.15) is 18.1 Å². The molecule has 0 radical (unpaired) electrons. The molecule has 2 aromatic carbocycles. The number of hydrogen-bond donors (Lipinski definition) is 0. The van der Waals surface area contributed by atoms with Crippen LogP contribution in [0.15, 0.2) is 53.4 Å². The van der Waals surface area contributed by atoms with E-state index in [1.54, 1.807) is 19.2 Å². The van der Waals surface area contributed by atoms with Crippen LogP contribution in [-0.2, 0) is 26.0 Å². The normalized spacial score (nSPS) is 11.4. The van der Waals surface area contributed by atoms with Gasteiger partial charge in [-0.05, 0) is 42.0 Å². The molecule has 0 heterocycles. The van der Waals surface area contributed by atoms with E-state index in [0.29, 0.717) is 6.42 Å².